The summed E-state index contributed by atoms with van der Waals surface area (Å²) in [4.78, 5) is 18.5. The summed E-state index contributed by atoms with van der Waals surface area (Å²) >= 11 is 0. The van der Waals surface area contributed by atoms with E-state index in [9.17, 15) is 18.3 Å². The van der Waals surface area contributed by atoms with Crippen molar-refractivity contribution >= 4 is 21.1 Å². The molecule has 0 saturated carbocycles. The number of nitrogens with zero attached hydrogens (tertiary/aromatic N) is 2. The van der Waals surface area contributed by atoms with Gasteiger partial charge < -0.3 is 24.5 Å². The fraction of sp³-hybridized carbons (Fsp3) is 0.279. The van der Waals surface area contributed by atoms with E-state index in [2.05, 4.69) is 14.6 Å². The molecule has 2 fully saturated rings. The molecular formula is C43H44N4O6S. The Hall–Kier alpha value is -4.88. The Kier molecular flexibility index (Phi) is 10.6. The average molecular weight is 745 g/mol. The van der Waals surface area contributed by atoms with Gasteiger partial charge in [-0.15, -0.1) is 0 Å². The average Bonchev–Trinajstić information content (AvgIpc) is 3.56. The first kappa shape index (κ1) is 36.1. The van der Waals surface area contributed by atoms with E-state index in [1.807, 2.05) is 102 Å². The first-order valence-electron chi connectivity index (χ1n) is 18.5. The number of aliphatic hydroxyl groups is 1. The van der Waals surface area contributed by atoms with Crippen molar-refractivity contribution in [1.29, 1.82) is 0 Å². The Morgan fingerprint density at radius 2 is 1.48 bits per heavy atom. The molecule has 1 aromatic heterocycles. The molecule has 0 aliphatic carbocycles. The summed E-state index contributed by atoms with van der Waals surface area (Å²) in [6.45, 7) is 2.63. The number of ether oxygens (including phenoxy) is 2. The highest BCUT2D eigenvalue weighted by Crippen LogP contribution is 2.39. The largest absolute Gasteiger partial charge is 0.392 e. The predicted octanol–water partition coefficient (Wildman–Crippen LogP) is 6.85. The zero-order chi connectivity index (χ0) is 37.1. The van der Waals surface area contributed by atoms with E-state index in [1.54, 1.807) is 30.3 Å². The molecule has 11 heteroatoms. The summed E-state index contributed by atoms with van der Waals surface area (Å²) in [5.74, 6) is 0. The molecule has 2 aliphatic heterocycles. The van der Waals surface area contributed by atoms with Crippen LogP contribution in [0, 0.1) is 0 Å². The number of H-pyrrole nitrogens is 1. The van der Waals surface area contributed by atoms with E-state index in [1.165, 1.54) is 0 Å². The quantitative estimate of drug-likeness (QED) is 0.133. The van der Waals surface area contributed by atoms with Crippen LogP contribution in [-0.4, -0.2) is 53.7 Å². The number of aromatic amines is 1. The molecule has 0 bridgehead atoms. The maximum absolute atomic E-state index is 12.9. The molecule has 0 amide bonds. The van der Waals surface area contributed by atoms with Crippen LogP contribution in [0.3, 0.4) is 0 Å². The lowest BCUT2D eigenvalue weighted by Crippen LogP contribution is -2.43. The van der Waals surface area contributed by atoms with Gasteiger partial charge in [-0.05, 0) is 71.0 Å². The SMILES string of the molecule is O=c1[nH]c2ccccc2n1C1CCN(CC2CC(c3ccc(CO)cc3)OC(c3ccc(-c4cccc(CNS(=O)(=O)c5ccccc5)c4)cc3)O2)CC1. The number of fused-ring (bicyclic) bond motifs is 1. The number of hydrogen-bond donors (Lipinski definition) is 3. The third-order valence-corrected chi connectivity index (χ3v) is 12.0. The Morgan fingerprint density at radius 3 is 2.24 bits per heavy atom. The summed E-state index contributed by atoms with van der Waals surface area (Å²) in [7, 11) is -3.62. The molecule has 278 valence electrons. The lowest BCUT2D eigenvalue weighted by atomic mass is 9.98. The number of likely N-dealkylation sites (tertiary alicyclic amines) is 1. The highest BCUT2D eigenvalue weighted by Gasteiger charge is 2.34. The van der Waals surface area contributed by atoms with Gasteiger partial charge in [0.25, 0.3) is 0 Å². The molecule has 0 radical (unpaired) electrons. The minimum Gasteiger partial charge on any atom is -0.392 e. The standard InChI is InChI=1S/C43H44N4O6S/c48-29-30-13-15-33(16-14-30)41-26-37(28-46-23-21-36(22-24-46)47-40-12-5-4-11-39(40)45-43(47)49)52-42(53-41)34-19-17-32(18-20-34)35-8-6-7-31(25-35)27-44-54(50,51)38-9-2-1-3-10-38/h1-20,25,36-37,41-42,44,48H,21-24,26-29H2,(H,45,49). The summed E-state index contributed by atoms with van der Waals surface area (Å²) < 4.78 is 43.5. The van der Waals surface area contributed by atoms with E-state index in [-0.39, 0.29) is 42.0 Å². The molecule has 2 aliphatic rings. The number of imidazole rings is 1. The van der Waals surface area contributed by atoms with Crippen LogP contribution in [0.5, 0.6) is 0 Å². The lowest BCUT2D eigenvalue weighted by molar-refractivity contribution is -0.253. The van der Waals surface area contributed by atoms with Crippen molar-refractivity contribution in [3.63, 3.8) is 0 Å². The third kappa shape index (κ3) is 7.97. The normalized spacial score (nSPS) is 20.0. The number of piperidine rings is 1. The Bertz CT molecular complexity index is 2350. The van der Waals surface area contributed by atoms with Gasteiger partial charge in [-0.3, -0.25) is 4.57 Å². The Morgan fingerprint density at radius 1 is 0.759 bits per heavy atom. The number of para-hydroxylation sites is 2. The maximum Gasteiger partial charge on any atom is 0.326 e. The first-order chi connectivity index (χ1) is 26.3. The topological polar surface area (TPSA) is 126 Å². The molecule has 10 nitrogen and oxygen atoms in total. The van der Waals surface area contributed by atoms with Gasteiger partial charge in [0.1, 0.15) is 0 Å². The number of aromatic nitrogens is 2. The number of benzene rings is 5. The van der Waals surface area contributed by atoms with Gasteiger partial charge in [0.15, 0.2) is 6.29 Å². The van der Waals surface area contributed by atoms with Gasteiger partial charge in [0.05, 0.1) is 34.7 Å². The van der Waals surface area contributed by atoms with Crippen LogP contribution in [-0.2, 0) is 32.6 Å². The van der Waals surface area contributed by atoms with Crippen molar-refractivity contribution in [3.05, 3.63) is 160 Å². The van der Waals surface area contributed by atoms with Crippen LogP contribution in [0.25, 0.3) is 22.2 Å². The summed E-state index contributed by atoms with van der Waals surface area (Å²) in [5.41, 5.74) is 7.39. The molecule has 54 heavy (non-hydrogen) atoms. The van der Waals surface area contributed by atoms with Crippen molar-refractivity contribution in [2.24, 2.45) is 0 Å². The minimum atomic E-state index is -3.62. The van der Waals surface area contributed by atoms with Crippen LogP contribution in [0.4, 0.5) is 0 Å². The van der Waals surface area contributed by atoms with Crippen molar-refractivity contribution < 1.29 is 23.0 Å². The van der Waals surface area contributed by atoms with Gasteiger partial charge in [-0.1, -0.05) is 97.1 Å². The van der Waals surface area contributed by atoms with E-state index in [0.29, 0.717) is 6.42 Å². The number of sulfonamides is 1. The third-order valence-electron chi connectivity index (χ3n) is 10.6. The van der Waals surface area contributed by atoms with Crippen LogP contribution in [0.2, 0.25) is 0 Å². The summed E-state index contributed by atoms with van der Waals surface area (Å²) in [6, 6.07) is 40.3. The molecule has 3 atom stereocenters. The van der Waals surface area contributed by atoms with Gasteiger partial charge in [-0.2, -0.15) is 0 Å². The predicted molar refractivity (Wildman–Crippen MR) is 208 cm³/mol. The number of nitrogens with one attached hydrogen (secondary N) is 2. The highest BCUT2D eigenvalue weighted by molar-refractivity contribution is 7.89. The van der Waals surface area contributed by atoms with Gasteiger partial charge in [0.2, 0.25) is 10.0 Å². The molecule has 3 unspecified atom stereocenters. The van der Waals surface area contributed by atoms with E-state index < -0.39 is 16.3 Å². The smallest absolute Gasteiger partial charge is 0.326 e. The zero-order valence-electron chi connectivity index (χ0n) is 29.9. The fourth-order valence-corrected chi connectivity index (χ4v) is 8.71. The van der Waals surface area contributed by atoms with Gasteiger partial charge in [0, 0.05) is 44.2 Å². The van der Waals surface area contributed by atoms with Crippen LogP contribution < -0.4 is 10.4 Å². The molecule has 2 saturated heterocycles. The first-order valence-corrected chi connectivity index (χ1v) is 20.0. The molecular weight excluding hydrogens is 701 g/mol. The fourth-order valence-electron chi connectivity index (χ4n) is 7.67. The van der Waals surface area contributed by atoms with Crippen LogP contribution in [0.1, 0.15) is 60.0 Å². The molecule has 8 rings (SSSR count). The second-order valence-corrected chi connectivity index (χ2v) is 15.9. The number of rotatable bonds is 11. The van der Waals surface area contributed by atoms with E-state index in [0.717, 1.165) is 76.9 Å². The van der Waals surface area contributed by atoms with Gasteiger partial charge >= 0.3 is 5.69 Å². The lowest BCUT2D eigenvalue weighted by Gasteiger charge is -2.40. The molecule has 0 spiro atoms. The van der Waals surface area contributed by atoms with Crippen molar-refractivity contribution in [2.45, 2.75) is 61.8 Å². The second-order valence-electron chi connectivity index (χ2n) is 14.2. The van der Waals surface area contributed by atoms with E-state index in [4.69, 9.17) is 9.47 Å². The summed E-state index contributed by atoms with van der Waals surface area (Å²) in [5, 5.41) is 9.62. The molecule has 3 heterocycles. The van der Waals surface area contributed by atoms with E-state index >= 15 is 0 Å². The van der Waals surface area contributed by atoms with Crippen molar-refractivity contribution in [2.75, 3.05) is 19.6 Å². The number of hydrogen-bond acceptors (Lipinski definition) is 7. The zero-order valence-corrected chi connectivity index (χ0v) is 30.7. The number of aliphatic hydroxyl groups excluding tert-OH is 1. The molecule has 6 aromatic rings. The van der Waals surface area contributed by atoms with Crippen LogP contribution in [0.15, 0.2) is 137 Å². The molecule has 5 aromatic carbocycles. The van der Waals surface area contributed by atoms with Crippen molar-refractivity contribution in [3.8, 4) is 11.1 Å². The maximum atomic E-state index is 12.9. The van der Waals surface area contributed by atoms with Gasteiger partial charge in [-0.25, -0.2) is 17.9 Å². The minimum absolute atomic E-state index is 0.0145. The van der Waals surface area contributed by atoms with Crippen molar-refractivity contribution in [1.82, 2.24) is 19.2 Å². The Balaban J connectivity index is 0.956. The highest BCUT2D eigenvalue weighted by atomic mass is 32.2. The summed E-state index contributed by atoms with van der Waals surface area (Å²) in [6.07, 6.45) is 1.58. The second kappa shape index (κ2) is 15.8. The molecule has 3 N–H and O–H groups in total. The monoisotopic (exact) mass is 744 g/mol. The van der Waals surface area contributed by atoms with Crippen LogP contribution >= 0.6 is 0 Å². The Labute approximate surface area is 315 Å².